The Kier molecular flexibility index (Phi) is 4.32. The number of hydrogen-bond donors (Lipinski definition) is 0. The third-order valence-electron chi connectivity index (χ3n) is 5.09. The van der Waals surface area contributed by atoms with Gasteiger partial charge in [-0.1, -0.05) is 6.07 Å². The lowest BCUT2D eigenvalue weighted by molar-refractivity contribution is 0.354. The molecule has 4 rings (SSSR count). The third kappa shape index (κ3) is 2.83. The molecule has 0 amide bonds. The van der Waals surface area contributed by atoms with Crippen molar-refractivity contribution in [3.05, 3.63) is 46.8 Å². The summed E-state index contributed by atoms with van der Waals surface area (Å²) in [5, 5.41) is 13.7. The Morgan fingerprint density at radius 3 is 2.78 bits per heavy atom. The molecule has 3 aromatic rings. The molecule has 2 aromatic heterocycles. The van der Waals surface area contributed by atoms with Gasteiger partial charge in [-0.25, -0.2) is 4.98 Å². The summed E-state index contributed by atoms with van der Waals surface area (Å²) < 4.78 is 12.5. The zero-order chi connectivity index (χ0) is 19.0. The zero-order valence-electron chi connectivity index (χ0n) is 15.7. The second-order valence-electron chi connectivity index (χ2n) is 6.58. The van der Waals surface area contributed by atoms with Crippen LogP contribution in [0, 0.1) is 18.3 Å². The molecule has 3 heterocycles. The predicted octanol–water partition coefficient (Wildman–Crippen LogP) is 2.53. The van der Waals surface area contributed by atoms with Crippen LogP contribution in [0.1, 0.15) is 22.4 Å². The van der Waals surface area contributed by atoms with E-state index in [0.717, 1.165) is 48.9 Å². The van der Waals surface area contributed by atoms with Gasteiger partial charge in [0.15, 0.2) is 17.1 Å². The Bertz CT molecular complexity index is 1050. The zero-order valence-corrected chi connectivity index (χ0v) is 15.7. The van der Waals surface area contributed by atoms with Crippen molar-refractivity contribution in [2.45, 2.75) is 19.8 Å². The van der Waals surface area contributed by atoms with Gasteiger partial charge in [0.25, 0.3) is 0 Å². The van der Waals surface area contributed by atoms with Crippen LogP contribution in [0.4, 0.5) is 5.82 Å². The molecular formula is C20H21N5O2. The molecule has 1 aromatic carbocycles. The maximum absolute atomic E-state index is 9.29. The van der Waals surface area contributed by atoms with E-state index in [-0.39, 0.29) is 0 Å². The Balaban J connectivity index is 1.63. The van der Waals surface area contributed by atoms with E-state index in [1.807, 2.05) is 23.6 Å². The molecule has 0 bridgehead atoms. The minimum atomic E-state index is 0.507. The number of nitriles is 1. The lowest BCUT2D eigenvalue weighted by Gasteiger charge is -2.20. The number of aromatic nitrogens is 3. The van der Waals surface area contributed by atoms with Crippen molar-refractivity contribution in [3.8, 4) is 17.6 Å². The van der Waals surface area contributed by atoms with Gasteiger partial charge in [0.1, 0.15) is 17.5 Å². The molecule has 0 fully saturated rings. The minimum absolute atomic E-state index is 0.507. The average molecular weight is 363 g/mol. The fourth-order valence-electron chi connectivity index (χ4n) is 3.69. The number of benzene rings is 1. The lowest BCUT2D eigenvalue weighted by atomic mass is 10.1. The summed E-state index contributed by atoms with van der Waals surface area (Å²) in [7, 11) is 3.29. The van der Waals surface area contributed by atoms with Crippen molar-refractivity contribution in [3.63, 3.8) is 0 Å². The minimum Gasteiger partial charge on any atom is -0.493 e. The van der Waals surface area contributed by atoms with Gasteiger partial charge in [-0.15, -0.1) is 0 Å². The highest BCUT2D eigenvalue weighted by molar-refractivity contribution is 5.64. The topological polar surface area (TPSA) is 75.7 Å². The highest BCUT2D eigenvalue weighted by Gasteiger charge is 2.26. The van der Waals surface area contributed by atoms with E-state index >= 15 is 0 Å². The van der Waals surface area contributed by atoms with Crippen molar-refractivity contribution in [1.29, 1.82) is 5.26 Å². The number of hydrogen-bond acceptors (Lipinski definition) is 6. The van der Waals surface area contributed by atoms with Gasteiger partial charge in [-0.2, -0.15) is 14.9 Å². The maximum Gasteiger partial charge on any atom is 0.175 e. The number of anilines is 1. The van der Waals surface area contributed by atoms with E-state index in [9.17, 15) is 5.26 Å². The summed E-state index contributed by atoms with van der Waals surface area (Å²) in [6.07, 6.45) is 3.40. The Morgan fingerprint density at radius 1 is 1.22 bits per heavy atom. The third-order valence-corrected chi connectivity index (χ3v) is 5.09. The van der Waals surface area contributed by atoms with Crippen molar-refractivity contribution in [2.24, 2.45) is 0 Å². The first-order valence-electron chi connectivity index (χ1n) is 8.89. The normalized spacial score (nSPS) is 12.9. The van der Waals surface area contributed by atoms with E-state index in [0.29, 0.717) is 11.2 Å². The quantitative estimate of drug-likeness (QED) is 0.693. The molecule has 7 heteroatoms. The number of methoxy groups -OCH3 is 2. The van der Waals surface area contributed by atoms with E-state index in [1.165, 1.54) is 11.1 Å². The number of ether oxygens (including phenoxy) is 2. The summed E-state index contributed by atoms with van der Waals surface area (Å²) in [4.78, 5) is 6.91. The van der Waals surface area contributed by atoms with Crippen LogP contribution in [0.15, 0.2) is 24.4 Å². The first-order valence-corrected chi connectivity index (χ1v) is 8.89. The molecule has 7 nitrogen and oxygen atoms in total. The monoisotopic (exact) mass is 363 g/mol. The van der Waals surface area contributed by atoms with Crippen LogP contribution >= 0.6 is 0 Å². The number of aryl methyl sites for hydroxylation is 1. The predicted molar refractivity (Wildman–Crippen MR) is 102 cm³/mol. The summed E-state index contributed by atoms with van der Waals surface area (Å²) in [5.41, 5.74) is 4.51. The molecule has 0 atom stereocenters. The lowest BCUT2D eigenvalue weighted by Crippen LogP contribution is -2.25. The van der Waals surface area contributed by atoms with Crippen LogP contribution in [0.5, 0.6) is 11.5 Å². The molecule has 0 radical (unpaired) electrons. The first kappa shape index (κ1) is 17.2. The van der Waals surface area contributed by atoms with E-state index in [1.54, 1.807) is 20.4 Å². The Morgan fingerprint density at radius 2 is 2.04 bits per heavy atom. The molecular weight excluding hydrogens is 342 g/mol. The van der Waals surface area contributed by atoms with Crippen molar-refractivity contribution in [2.75, 3.05) is 32.2 Å². The Labute approximate surface area is 157 Å². The van der Waals surface area contributed by atoms with Crippen LogP contribution in [-0.2, 0) is 12.8 Å². The van der Waals surface area contributed by atoms with Gasteiger partial charge in [-0.05, 0) is 37.5 Å². The summed E-state index contributed by atoms with van der Waals surface area (Å²) in [6, 6.07) is 8.19. The molecule has 138 valence electrons. The first-order chi connectivity index (χ1) is 13.2. The van der Waals surface area contributed by atoms with E-state index < -0.39 is 0 Å². The van der Waals surface area contributed by atoms with Gasteiger partial charge >= 0.3 is 0 Å². The van der Waals surface area contributed by atoms with Crippen LogP contribution in [-0.4, -0.2) is 41.9 Å². The van der Waals surface area contributed by atoms with Gasteiger partial charge in [0, 0.05) is 24.3 Å². The summed E-state index contributed by atoms with van der Waals surface area (Å²) in [5.74, 6) is 2.53. The second kappa shape index (κ2) is 6.80. The molecule has 27 heavy (non-hydrogen) atoms. The molecule has 0 spiro atoms. The molecule has 0 saturated heterocycles. The fraction of sp³-hybridized carbons (Fsp3) is 0.350. The molecule has 1 aliphatic rings. The SMILES string of the molecule is COc1ccc(CCN2CCc3c(C)nc4c(C#N)cnn4c32)cc1OC. The highest BCUT2D eigenvalue weighted by atomic mass is 16.5. The van der Waals surface area contributed by atoms with Crippen LogP contribution in [0.25, 0.3) is 5.65 Å². The van der Waals surface area contributed by atoms with E-state index in [2.05, 4.69) is 27.1 Å². The maximum atomic E-state index is 9.29. The molecule has 1 aliphatic heterocycles. The second-order valence-corrected chi connectivity index (χ2v) is 6.58. The van der Waals surface area contributed by atoms with Crippen molar-refractivity contribution in [1.82, 2.24) is 14.6 Å². The van der Waals surface area contributed by atoms with Gasteiger partial charge < -0.3 is 14.4 Å². The molecule has 0 saturated carbocycles. The summed E-state index contributed by atoms with van der Waals surface area (Å²) >= 11 is 0. The largest absolute Gasteiger partial charge is 0.493 e. The van der Waals surface area contributed by atoms with Crippen molar-refractivity contribution >= 4 is 11.5 Å². The summed E-state index contributed by atoms with van der Waals surface area (Å²) in [6.45, 7) is 3.78. The number of nitrogens with zero attached hydrogens (tertiary/aromatic N) is 5. The fourth-order valence-corrected chi connectivity index (χ4v) is 3.69. The van der Waals surface area contributed by atoms with Crippen molar-refractivity contribution < 1.29 is 9.47 Å². The van der Waals surface area contributed by atoms with Gasteiger partial charge in [0.05, 0.1) is 20.4 Å². The van der Waals surface area contributed by atoms with Gasteiger partial charge in [-0.3, -0.25) is 0 Å². The molecule has 0 unspecified atom stereocenters. The molecule has 0 aliphatic carbocycles. The highest BCUT2D eigenvalue weighted by Crippen LogP contribution is 2.32. The Hall–Kier alpha value is -3.27. The van der Waals surface area contributed by atoms with E-state index in [4.69, 9.17) is 9.47 Å². The average Bonchev–Trinajstić information content (AvgIpc) is 3.30. The number of rotatable bonds is 5. The number of fused-ring (bicyclic) bond motifs is 3. The van der Waals surface area contributed by atoms with Crippen LogP contribution in [0.2, 0.25) is 0 Å². The van der Waals surface area contributed by atoms with Gasteiger partial charge in [0.2, 0.25) is 0 Å². The van der Waals surface area contributed by atoms with Crippen LogP contribution < -0.4 is 14.4 Å². The molecule has 0 N–H and O–H groups in total. The smallest absolute Gasteiger partial charge is 0.175 e. The van der Waals surface area contributed by atoms with Crippen LogP contribution in [0.3, 0.4) is 0 Å². The standard InChI is InChI=1S/C20H21N5O2/c1-13-16-7-9-24(20(16)25-19(23-13)15(11-21)12-22-25)8-6-14-4-5-17(26-2)18(10-14)27-3/h4-5,10,12H,6-9H2,1-3H3.